The molecule has 35 heavy (non-hydrogen) atoms. The summed E-state index contributed by atoms with van der Waals surface area (Å²) in [5.41, 5.74) is 2.46. The summed E-state index contributed by atoms with van der Waals surface area (Å²) in [4.78, 5) is 30.2. The van der Waals surface area contributed by atoms with E-state index in [1.807, 2.05) is 30.3 Å². The summed E-state index contributed by atoms with van der Waals surface area (Å²) in [7, 11) is 1.64. The lowest BCUT2D eigenvalue weighted by Crippen LogP contribution is -2.23. The number of carbonyl (C=O) groups is 2. The minimum Gasteiger partial charge on any atom is -0.486 e. The molecule has 1 saturated heterocycles. The molecule has 0 unspecified atom stereocenters. The van der Waals surface area contributed by atoms with Crippen LogP contribution >= 0.6 is 55.2 Å². The Bertz CT molecular complexity index is 1340. The number of amides is 1. The molecule has 0 saturated carbocycles. The number of nitrogens with zero attached hydrogens (tertiary/aromatic N) is 2. The van der Waals surface area contributed by atoms with Gasteiger partial charge in [-0.15, -0.1) is 0 Å². The Hall–Kier alpha value is -2.59. The minimum absolute atomic E-state index is 0.171. The molecule has 1 aliphatic rings. The first-order valence-corrected chi connectivity index (χ1v) is 13.0. The topological polar surface area (TPSA) is 79.2 Å². The third-order valence-corrected chi connectivity index (χ3v) is 7.42. The van der Waals surface area contributed by atoms with Crippen molar-refractivity contribution in [3.8, 4) is 5.75 Å². The molecule has 1 amide bonds. The van der Waals surface area contributed by atoms with Crippen molar-refractivity contribution < 1.29 is 19.4 Å². The van der Waals surface area contributed by atoms with Gasteiger partial charge in [0.05, 0.1) is 25.7 Å². The van der Waals surface area contributed by atoms with Crippen molar-refractivity contribution in [3.05, 3.63) is 96.2 Å². The van der Waals surface area contributed by atoms with Gasteiger partial charge in [-0.05, 0) is 93.4 Å². The quantitative estimate of drug-likeness (QED) is 0.286. The summed E-state index contributed by atoms with van der Waals surface area (Å²) >= 11 is 14.6. The number of hydrogen-bond acceptors (Lipinski definition) is 5. The number of benzene rings is 3. The number of rotatable bonds is 6. The molecule has 1 N–H and O–H groups in total. The van der Waals surface area contributed by atoms with Crippen molar-refractivity contribution in [2.45, 2.75) is 6.61 Å². The Morgan fingerprint density at radius 1 is 1.14 bits per heavy atom. The number of amidine groups is 1. The number of halogens is 3. The number of carboxylic acids is 1. The Balaban J connectivity index is 1.52. The average Bonchev–Trinajstić information content (AvgIpc) is 3.07. The zero-order valence-electron chi connectivity index (χ0n) is 18.2. The van der Waals surface area contributed by atoms with Gasteiger partial charge in [-0.2, -0.15) is 0 Å². The molecule has 0 bridgehead atoms. The zero-order valence-corrected chi connectivity index (χ0v) is 22.9. The van der Waals surface area contributed by atoms with E-state index in [0.717, 1.165) is 15.6 Å². The lowest BCUT2D eigenvalue weighted by atomic mass is 10.2. The lowest BCUT2D eigenvalue weighted by Gasteiger charge is -2.11. The predicted octanol–water partition coefficient (Wildman–Crippen LogP) is 7.38. The van der Waals surface area contributed by atoms with E-state index in [1.54, 1.807) is 31.3 Å². The van der Waals surface area contributed by atoms with Crippen LogP contribution in [0.2, 0.25) is 5.02 Å². The molecular formula is C25H17Br2ClN2O4S. The molecule has 0 radical (unpaired) electrons. The van der Waals surface area contributed by atoms with Crippen LogP contribution in [-0.4, -0.2) is 34.1 Å². The van der Waals surface area contributed by atoms with E-state index in [0.29, 0.717) is 37.6 Å². The van der Waals surface area contributed by atoms with E-state index in [4.69, 9.17) is 21.4 Å². The van der Waals surface area contributed by atoms with Gasteiger partial charge in [0.15, 0.2) is 10.9 Å². The second-order valence-corrected chi connectivity index (χ2v) is 10.6. The summed E-state index contributed by atoms with van der Waals surface area (Å²) in [5.74, 6) is -0.684. The van der Waals surface area contributed by atoms with Crippen LogP contribution in [-0.2, 0) is 11.4 Å². The van der Waals surface area contributed by atoms with Crippen LogP contribution in [0.5, 0.6) is 5.75 Å². The van der Waals surface area contributed by atoms with Gasteiger partial charge in [0.25, 0.3) is 5.91 Å². The van der Waals surface area contributed by atoms with Gasteiger partial charge in [0.2, 0.25) is 0 Å². The summed E-state index contributed by atoms with van der Waals surface area (Å²) < 4.78 is 7.58. The van der Waals surface area contributed by atoms with Gasteiger partial charge in [-0.1, -0.05) is 39.7 Å². The van der Waals surface area contributed by atoms with E-state index in [1.165, 1.54) is 28.8 Å². The number of ether oxygens (including phenoxy) is 1. The number of aromatic carboxylic acids is 1. The zero-order chi connectivity index (χ0) is 25.1. The number of likely N-dealkylation sites (N-methyl/N-ethyl adjacent to an activating group) is 1. The van der Waals surface area contributed by atoms with Crippen LogP contribution < -0.4 is 4.74 Å². The van der Waals surface area contributed by atoms with Crippen LogP contribution in [0.4, 0.5) is 5.69 Å². The Labute approximate surface area is 227 Å². The highest BCUT2D eigenvalue weighted by Gasteiger charge is 2.30. The first-order valence-electron chi connectivity index (χ1n) is 10.2. The summed E-state index contributed by atoms with van der Waals surface area (Å²) in [6.45, 7) is 0.360. The second-order valence-electron chi connectivity index (χ2n) is 7.45. The van der Waals surface area contributed by atoms with Crippen LogP contribution in [0.1, 0.15) is 21.5 Å². The Morgan fingerprint density at radius 2 is 1.83 bits per heavy atom. The smallest absolute Gasteiger partial charge is 0.335 e. The van der Waals surface area contributed by atoms with Gasteiger partial charge in [0.1, 0.15) is 6.61 Å². The van der Waals surface area contributed by atoms with Crippen molar-refractivity contribution >= 4 is 84.0 Å². The molecule has 6 nitrogen and oxygen atoms in total. The average molecular weight is 637 g/mol. The predicted molar refractivity (Wildman–Crippen MR) is 146 cm³/mol. The molecule has 1 heterocycles. The van der Waals surface area contributed by atoms with Crippen LogP contribution in [0.15, 0.2) is 79.5 Å². The van der Waals surface area contributed by atoms with E-state index < -0.39 is 5.97 Å². The van der Waals surface area contributed by atoms with E-state index >= 15 is 0 Å². The van der Waals surface area contributed by atoms with E-state index in [2.05, 4.69) is 36.9 Å². The van der Waals surface area contributed by atoms with Gasteiger partial charge < -0.3 is 9.84 Å². The molecule has 178 valence electrons. The number of hydrogen-bond donors (Lipinski definition) is 1. The Kier molecular flexibility index (Phi) is 8.01. The molecule has 0 spiro atoms. The summed E-state index contributed by atoms with van der Waals surface area (Å²) in [5, 5.41) is 9.94. The molecule has 3 aromatic rings. The molecule has 3 aromatic carbocycles. The highest BCUT2D eigenvalue weighted by atomic mass is 79.9. The lowest BCUT2D eigenvalue weighted by molar-refractivity contribution is -0.121. The minimum atomic E-state index is -1.01. The third-order valence-electron chi connectivity index (χ3n) is 4.96. The standard InChI is InChI=1S/C25H17Br2ClN2O4S/c1-30-23(31)21(35-25(30)29-18-8-4-16(5-9-18)24(32)33)12-15-10-19(27)22(20(28)11-15)34-13-14-2-6-17(26)7-3-14/h2-12H,13H2,1H3,(H,32,33)/b21-12-,29-25?. The number of thioether (sulfide) groups is 1. The molecule has 0 aromatic heterocycles. The number of carbonyl (C=O) groups excluding carboxylic acids is 1. The van der Waals surface area contributed by atoms with Crippen molar-refractivity contribution in [1.29, 1.82) is 0 Å². The molecule has 1 fully saturated rings. The monoisotopic (exact) mass is 634 g/mol. The first kappa shape index (κ1) is 25.5. The molecule has 4 rings (SSSR count). The maximum Gasteiger partial charge on any atom is 0.335 e. The maximum absolute atomic E-state index is 12.8. The second kappa shape index (κ2) is 11.0. The number of carboxylic acid groups (broad SMARTS) is 1. The molecule has 1 aliphatic heterocycles. The van der Waals surface area contributed by atoms with Crippen molar-refractivity contribution in [1.82, 2.24) is 4.90 Å². The SMILES string of the molecule is CN1C(=O)/C(=C/c2cc(Cl)c(OCc3ccc(Br)cc3)c(Br)c2)SC1=Nc1ccc(C(=O)O)cc1. The maximum atomic E-state index is 12.8. The largest absolute Gasteiger partial charge is 0.486 e. The fourth-order valence-corrected chi connectivity index (χ4v) is 5.37. The fraction of sp³-hybridized carbons (Fsp3) is 0.0800. The highest BCUT2D eigenvalue weighted by Crippen LogP contribution is 2.38. The van der Waals surface area contributed by atoms with Crippen LogP contribution in [0.3, 0.4) is 0 Å². The first-order chi connectivity index (χ1) is 16.7. The van der Waals surface area contributed by atoms with Crippen molar-refractivity contribution in [2.24, 2.45) is 4.99 Å². The van der Waals surface area contributed by atoms with Gasteiger partial charge in [-0.25, -0.2) is 9.79 Å². The normalized spacial score (nSPS) is 15.8. The summed E-state index contributed by atoms with van der Waals surface area (Å²) in [6.07, 6.45) is 1.74. The van der Waals surface area contributed by atoms with Crippen molar-refractivity contribution in [2.75, 3.05) is 7.05 Å². The molecule has 0 atom stereocenters. The highest BCUT2D eigenvalue weighted by molar-refractivity contribution is 9.10. The van der Waals surface area contributed by atoms with Gasteiger partial charge in [0, 0.05) is 11.5 Å². The number of aliphatic imine (C=N–C) groups is 1. The third kappa shape index (κ3) is 6.16. The Morgan fingerprint density at radius 3 is 2.46 bits per heavy atom. The van der Waals surface area contributed by atoms with E-state index in [-0.39, 0.29) is 11.5 Å². The van der Waals surface area contributed by atoms with Gasteiger partial charge in [-0.3, -0.25) is 9.69 Å². The molecular weight excluding hydrogens is 620 g/mol. The molecule has 10 heteroatoms. The van der Waals surface area contributed by atoms with Crippen LogP contribution in [0, 0.1) is 0 Å². The van der Waals surface area contributed by atoms with E-state index in [9.17, 15) is 9.59 Å². The summed E-state index contributed by atoms with van der Waals surface area (Å²) in [6, 6.07) is 17.5. The molecule has 0 aliphatic carbocycles. The van der Waals surface area contributed by atoms with Gasteiger partial charge >= 0.3 is 5.97 Å². The van der Waals surface area contributed by atoms with Crippen LogP contribution in [0.25, 0.3) is 6.08 Å². The fourth-order valence-electron chi connectivity index (χ4n) is 3.13. The van der Waals surface area contributed by atoms with Crippen molar-refractivity contribution in [3.63, 3.8) is 0 Å².